The number of carbonyl (C=O) groups excluding carboxylic acids is 1. The van der Waals surface area contributed by atoms with Gasteiger partial charge in [-0.2, -0.15) is 0 Å². The van der Waals surface area contributed by atoms with Crippen LogP contribution in [0.15, 0.2) is 40.9 Å². The minimum Gasteiger partial charge on any atom is -0.483 e. The third-order valence-electron chi connectivity index (χ3n) is 4.00. The van der Waals surface area contributed by atoms with Gasteiger partial charge in [-0.05, 0) is 83.1 Å². The van der Waals surface area contributed by atoms with Gasteiger partial charge in [-0.3, -0.25) is 4.79 Å². The summed E-state index contributed by atoms with van der Waals surface area (Å²) in [5, 5.41) is 2.87. The number of carbonyl (C=O) groups is 1. The number of ether oxygens (including phenoxy) is 1. The molecule has 0 spiro atoms. The largest absolute Gasteiger partial charge is 0.483 e. The molecular weight excluding hydrogens is 366 g/mol. The molecule has 1 amide bonds. The van der Waals surface area contributed by atoms with Crippen LogP contribution in [0.3, 0.4) is 0 Å². The minimum absolute atomic E-state index is 0.0196. The highest BCUT2D eigenvalue weighted by Crippen LogP contribution is 2.30. The van der Waals surface area contributed by atoms with E-state index in [1.807, 2.05) is 32.0 Å². The quantitative estimate of drug-likeness (QED) is 0.698. The molecule has 3 nitrogen and oxygen atoms in total. The molecule has 0 saturated heterocycles. The van der Waals surface area contributed by atoms with Crippen molar-refractivity contribution >= 4 is 27.5 Å². The average Bonchev–Trinajstić information content (AvgIpc) is 2.51. The molecule has 128 valence electrons. The van der Waals surface area contributed by atoms with Crippen LogP contribution in [0.4, 0.5) is 5.69 Å². The van der Waals surface area contributed by atoms with Crippen molar-refractivity contribution in [2.75, 3.05) is 11.9 Å². The van der Waals surface area contributed by atoms with Crippen LogP contribution in [0.1, 0.15) is 42.9 Å². The lowest BCUT2D eigenvalue weighted by Gasteiger charge is -2.13. The first-order valence-corrected chi connectivity index (χ1v) is 8.98. The first kappa shape index (κ1) is 18.5. The highest BCUT2D eigenvalue weighted by molar-refractivity contribution is 9.10. The molecular formula is C20H24BrNO2. The lowest BCUT2D eigenvalue weighted by molar-refractivity contribution is -0.118. The van der Waals surface area contributed by atoms with Crippen LogP contribution in [0.25, 0.3) is 0 Å². The number of halogens is 1. The molecule has 2 aromatic carbocycles. The molecule has 4 heteroatoms. The molecule has 0 aromatic heterocycles. The highest BCUT2D eigenvalue weighted by atomic mass is 79.9. The first-order chi connectivity index (χ1) is 11.4. The van der Waals surface area contributed by atoms with E-state index in [4.69, 9.17) is 4.74 Å². The number of anilines is 1. The molecule has 0 heterocycles. The number of amides is 1. The summed E-state index contributed by atoms with van der Waals surface area (Å²) in [5.74, 6) is 1.01. The van der Waals surface area contributed by atoms with Crippen LogP contribution in [0, 0.1) is 13.8 Å². The number of nitrogens with one attached hydrogen (secondary N) is 1. The van der Waals surface area contributed by atoms with Crippen LogP contribution in [-0.2, 0) is 4.79 Å². The molecule has 24 heavy (non-hydrogen) atoms. The second kappa shape index (κ2) is 8.34. The van der Waals surface area contributed by atoms with E-state index in [-0.39, 0.29) is 12.5 Å². The number of rotatable bonds is 6. The van der Waals surface area contributed by atoms with Crippen LogP contribution < -0.4 is 10.1 Å². The summed E-state index contributed by atoms with van der Waals surface area (Å²) in [7, 11) is 0. The van der Waals surface area contributed by atoms with Gasteiger partial charge in [-0.25, -0.2) is 0 Å². The van der Waals surface area contributed by atoms with Gasteiger partial charge in [0.25, 0.3) is 5.91 Å². The van der Waals surface area contributed by atoms with Crippen molar-refractivity contribution in [2.24, 2.45) is 0 Å². The Hall–Kier alpha value is -1.81. The summed E-state index contributed by atoms with van der Waals surface area (Å²) in [6, 6.07) is 12.0. The third kappa shape index (κ3) is 5.10. The zero-order valence-electron chi connectivity index (χ0n) is 14.7. The van der Waals surface area contributed by atoms with Crippen LogP contribution in [0.5, 0.6) is 5.75 Å². The van der Waals surface area contributed by atoms with Crippen molar-refractivity contribution in [3.8, 4) is 5.75 Å². The van der Waals surface area contributed by atoms with Crippen molar-refractivity contribution in [1.29, 1.82) is 0 Å². The van der Waals surface area contributed by atoms with Gasteiger partial charge >= 0.3 is 0 Å². The Morgan fingerprint density at radius 2 is 1.83 bits per heavy atom. The second-order valence-electron chi connectivity index (χ2n) is 6.21. The second-order valence-corrected chi connectivity index (χ2v) is 7.07. The first-order valence-electron chi connectivity index (χ1n) is 8.19. The Bertz CT molecular complexity index is 707. The maximum atomic E-state index is 12.1. The molecule has 0 radical (unpaired) electrons. The summed E-state index contributed by atoms with van der Waals surface area (Å²) in [6.07, 6.45) is 1.09. The van der Waals surface area contributed by atoms with E-state index >= 15 is 0 Å². The predicted octanol–water partition coefficient (Wildman–Crippen LogP) is 5.60. The van der Waals surface area contributed by atoms with E-state index in [1.165, 1.54) is 5.56 Å². The lowest BCUT2D eigenvalue weighted by atomic mass is 9.99. The summed E-state index contributed by atoms with van der Waals surface area (Å²) < 4.78 is 6.52. The van der Waals surface area contributed by atoms with Crippen molar-refractivity contribution < 1.29 is 9.53 Å². The molecule has 0 bridgehead atoms. The molecule has 1 unspecified atom stereocenters. The average molecular weight is 390 g/mol. The van der Waals surface area contributed by atoms with Crippen molar-refractivity contribution in [2.45, 2.75) is 40.0 Å². The van der Waals surface area contributed by atoms with Gasteiger partial charge in [0, 0.05) is 5.69 Å². The zero-order chi connectivity index (χ0) is 17.7. The van der Waals surface area contributed by atoms with Crippen LogP contribution in [-0.4, -0.2) is 12.5 Å². The number of benzene rings is 2. The standard InChI is InChI=1S/C20H24BrNO2/c1-5-15(4)16-6-7-19(18(21)11-16)24-12-20(23)22-17-9-13(2)8-14(3)10-17/h6-11,15H,5,12H2,1-4H3,(H,22,23). The van der Waals surface area contributed by atoms with E-state index in [0.29, 0.717) is 11.7 Å². The number of hydrogen-bond acceptors (Lipinski definition) is 2. The topological polar surface area (TPSA) is 38.3 Å². The van der Waals surface area contributed by atoms with Crippen LogP contribution in [0.2, 0.25) is 0 Å². The smallest absolute Gasteiger partial charge is 0.262 e. The van der Waals surface area contributed by atoms with E-state index in [1.54, 1.807) is 0 Å². The monoisotopic (exact) mass is 389 g/mol. The summed E-state index contributed by atoms with van der Waals surface area (Å²) in [5.41, 5.74) is 4.30. The molecule has 1 N–H and O–H groups in total. The van der Waals surface area contributed by atoms with Crippen molar-refractivity contribution in [3.05, 3.63) is 57.6 Å². The van der Waals surface area contributed by atoms with Crippen molar-refractivity contribution in [3.63, 3.8) is 0 Å². The Balaban J connectivity index is 1.96. The molecule has 2 aromatic rings. The minimum atomic E-state index is -0.169. The summed E-state index contributed by atoms with van der Waals surface area (Å²) in [4.78, 5) is 12.1. The third-order valence-corrected chi connectivity index (χ3v) is 4.62. The number of hydrogen-bond donors (Lipinski definition) is 1. The molecule has 0 aliphatic heterocycles. The Morgan fingerprint density at radius 3 is 2.42 bits per heavy atom. The van der Waals surface area contributed by atoms with Gasteiger partial charge in [-0.15, -0.1) is 0 Å². The molecule has 0 saturated carbocycles. The van der Waals surface area contributed by atoms with Gasteiger partial charge in [0.15, 0.2) is 6.61 Å². The van der Waals surface area contributed by atoms with Crippen LogP contribution >= 0.6 is 15.9 Å². The van der Waals surface area contributed by atoms with Gasteiger partial charge in [-0.1, -0.05) is 26.0 Å². The van der Waals surface area contributed by atoms with Gasteiger partial charge in [0.2, 0.25) is 0 Å². The Morgan fingerprint density at radius 1 is 1.17 bits per heavy atom. The molecule has 0 fully saturated rings. The summed E-state index contributed by atoms with van der Waals surface area (Å²) >= 11 is 3.52. The summed E-state index contributed by atoms with van der Waals surface area (Å²) in [6.45, 7) is 8.36. The van der Waals surface area contributed by atoms with Gasteiger partial charge < -0.3 is 10.1 Å². The SMILES string of the molecule is CCC(C)c1ccc(OCC(=O)Nc2cc(C)cc(C)c2)c(Br)c1. The molecule has 0 aliphatic carbocycles. The highest BCUT2D eigenvalue weighted by Gasteiger charge is 2.10. The zero-order valence-corrected chi connectivity index (χ0v) is 16.2. The van der Waals surface area contributed by atoms with Crippen molar-refractivity contribution in [1.82, 2.24) is 0 Å². The van der Waals surface area contributed by atoms with E-state index in [0.717, 1.165) is 27.7 Å². The molecule has 2 rings (SSSR count). The van der Waals surface area contributed by atoms with E-state index in [9.17, 15) is 4.79 Å². The maximum Gasteiger partial charge on any atom is 0.262 e. The number of aryl methyl sites for hydroxylation is 2. The fraction of sp³-hybridized carbons (Fsp3) is 0.350. The lowest BCUT2D eigenvalue weighted by Crippen LogP contribution is -2.20. The normalized spacial score (nSPS) is 11.9. The Kier molecular flexibility index (Phi) is 6.44. The fourth-order valence-electron chi connectivity index (χ4n) is 2.56. The van der Waals surface area contributed by atoms with E-state index < -0.39 is 0 Å². The van der Waals surface area contributed by atoms with E-state index in [2.05, 4.69) is 53.3 Å². The molecule has 0 aliphatic rings. The Labute approximate surface area is 152 Å². The van der Waals surface area contributed by atoms with Gasteiger partial charge in [0.05, 0.1) is 4.47 Å². The predicted molar refractivity (Wildman–Crippen MR) is 103 cm³/mol. The van der Waals surface area contributed by atoms with Gasteiger partial charge in [0.1, 0.15) is 5.75 Å². The fourth-order valence-corrected chi connectivity index (χ4v) is 3.07. The maximum absolute atomic E-state index is 12.1. The molecule has 1 atom stereocenters.